The van der Waals surface area contributed by atoms with Crippen LogP contribution in [0.3, 0.4) is 0 Å². The van der Waals surface area contributed by atoms with Gasteiger partial charge in [0.2, 0.25) is 0 Å². The molecule has 2 rings (SSSR count). The number of aromatic amines is 1. The van der Waals surface area contributed by atoms with E-state index in [1.807, 2.05) is 13.0 Å². The van der Waals surface area contributed by atoms with E-state index in [2.05, 4.69) is 24.0 Å². The monoisotopic (exact) mass is 216 g/mol. The molecule has 3 nitrogen and oxygen atoms in total. The fraction of sp³-hybridized carbons (Fsp3) is 0.308. The molecule has 84 valence electrons. The van der Waals surface area contributed by atoms with Crippen molar-refractivity contribution in [1.29, 1.82) is 0 Å². The quantitative estimate of drug-likeness (QED) is 0.772. The Labute approximate surface area is 94.6 Å². The Morgan fingerprint density at radius 2 is 2.19 bits per heavy atom. The molecule has 0 atom stereocenters. The van der Waals surface area contributed by atoms with Crippen LogP contribution in [0.2, 0.25) is 0 Å². The molecular formula is C13H16N2O. The third-order valence-electron chi connectivity index (χ3n) is 2.92. The molecule has 0 unspecified atom stereocenters. The van der Waals surface area contributed by atoms with Crippen LogP contribution in [-0.2, 0) is 6.42 Å². The summed E-state index contributed by atoms with van der Waals surface area (Å²) in [7, 11) is 0. The summed E-state index contributed by atoms with van der Waals surface area (Å²) < 4.78 is 0. The van der Waals surface area contributed by atoms with Crippen LogP contribution in [0.1, 0.15) is 28.5 Å². The number of benzene rings is 1. The first-order valence-corrected chi connectivity index (χ1v) is 5.51. The zero-order valence-corrected chi connectivity index (χ0v) is 9.63. The SMILES string of the molecule is CCc1ccc2[nH]c(C)c(C(=O)CN)c2c1. The van der Waals surface area contributed by atoms with Crippen LogP contribution in [0.25, 0.3) is 10.9 Å². The van der Waals surface area contributed by atoms with Crippen LogP contribution in [0.4, 0.5) is 0 Å². The zero-order chi connectivity index (χ0) is 11.7. The van der Waals surface area contributed by atoms with E-state index in [1.54, 1.807) is 0 Å². The first kappa shape index (κ1) is 10.9. The van der Waals surface area contributed by atoms with E-state index in [0.29, 0.717) is 0 Å². The number of hydrogen-bond acceptors (Lipinski definition) is 2. The van der Waals surface area contributed by atoms with Gasteiger partial charge in [-0.3, -0.25) is 4.79 Å². The molecule has 1 aromatic heterocycles. The normalized spacial score (nSPS) is 10.9. The molecule has 0 aliphatic heterocycles. The highest BCUT2D eigenvalue weighted by molar-refractivity contribution is 6.10. The second kappa shape index (κ2) is 4.10. The van der Waals surface area contributed by atoms with Crippen LogP contribution in [0, 0.1) is 6.92 Å². The molecule has 0 amide bonds. The smallest absolute Gasteiger partial charge is 0.178 e. The second-order valence-corrected chi connectivity index (χ2v) is 3.99. The number of rotatable bonds is 3. The fourth-order valence-corrected chi connectivity index (χ4v) is 2.06. The summed E-state index contributed by atoms with van der Waals surface area (Å²) in [5, 5.41) is 0.993. The molecule has 0 bridgehead atoms. The Morgan fingerprint density at radius 1 is 1.44 bits per heavy atom. The van der Waals surface area contributed by atoms with Gasteiger partial charge in [-0.15, -0.1) is 0 Å². The van der Waals surface area contributed by atoms with Crippen molar-refractivity contribution in [3.8, 4) is 0 Å². The van der Waals surface area contributed by atoms with E-state index in [0.717, 1.165) is 28.6 Å². The zero-order valence-electron chi connectivity index (χ0n) is 9.63. The van der Waals surface area contributed by atoms with Crippen molar-refractivity contribution in [1.82, 2.24) is 4.98 Å². The summed E-state index contributed by atoms with van der Waals surface area (Å²) in [6.07, 6.45) is 0.969. The maximum atomic E-state index is 11.8. The largest absolute Gasteiger partial charge is 0.358 e. The van der Waals surface area contributed by atoms with Gasteiger partial charge in [0.05, 0.1) is 6.54 Å². The van der Waals surface area contributed by atoms with E-state index in [1.165, 1.54) is 5.56 Å². The van der Waals surface area contributed by atoms with Gasteiger partial charge in [0.25, 0.3) is 0 Å². The molecule has 1 aromatic carbocycles. The predicted octanol–water partition coefficient (Wildman–Crippen LogP) is 2.18. The number of nitrogens with one attached hydrogen (secondary N) is 1. The molecule has 0 saturated heterocycles. The third kappa shape index (κ3) is 1.63. The van der Waals surface area contributed by atoms with Gasteiger partial charge in [0.15, 0.2) is 5.78 Å². The van der Waals surface area contributed by atoms with Crippen LogP contribution in [0.5, 0.6) is 0 Å². The maximum absolute atomic E-state index is 11.8. The molecule has 0 spiro atoms. The molecule has 0 aliphatic rings. The summed E-state index contributed by atoms with van der Waals surface area (Å²) >= 11 is 0. The Bertz CT molecular complexity index is 540. The lowest BCUT2D eigenvalue weighted by atomic mass is 10.0. The summed E-state index contributed by atoms with van der Waals surface area (Å²) in [4.78, 5) is 15.0. The number of nitrogens with two attached hydrogens (primary N) is 1. The van der Waals surface area contributed by atoms with Gasteiger partial charge in [-0.05, 0) is 31.0 Å². The highest BCUT2D eigenvalue weighted by Crippen LogP contribution is 2.23. The molecule has 3 N–H and O–H groups in total. The fourth-order valence-electron chi connectivity index (χ4n) is 2.06. The van der Waals surface area contributed by atoms with Crippen molar-refractivity contribution >= 4 is 16.7 Å². The maximum Gasteiger partial charge on any atom is 0.178 e. The standard InChI is InChI=1S/C13H16N2O/c1-3-9-4-5-11-10(6-9)13(8(2)15-11)12(16)7-14/h4-6,15H,3,7,14H2,1-2H3. The van der Waals surface area contributed by atoms with Gasteiger partial charge in [-0.25, -0.2) is 0 Å². The number of aryl methyl sites for hydroxylation is 2. The van der Waals surface area contributed by atoms with Gasteiger partial charge in [-0.2, -0.15) is 0 Å². The minimum absolute atomic E-state index is 0.00277. The summed E-state index contributed by atoms with van der Waals surface area (Å²) in [6.45, 7) is 4.07. The van der Waals surface area contributed by atoms with Crippen LogP contribution < -0.4 is 5.73 Å². The van der Waals surface area contributed by atoms with Crippen molar-refractivity contribution in [2.24, 2.45) is 5.73 Å². The minimum atomic E-state index is -0.00277. The van der Waals surface area contributed by atoms with Gasteiger partial charge in [-0.1, -0.05) is 13.0 Å². The lowest BCUT2D eigenvalue weighted by Gasteiger charge is -1.99. The Morgan fingerprint density at radius 3 is 2.81 bits per heavy atom. The highest BCUT2D eigenvalue weighted by atomic mass is 16.1. The Hall–Kier alpha value is -1.61. The van der Waals surface area contributed by atoms with Crippen molar-refractivity contribution in [3.63, 3.8) is 0 Å². The molecule has 2 aromatic rings. The van der Waals surface area contributed by atoms with Gasteiger partial charge < -0.3 is 10.7 Å². The molecule has 0 saturated carbocycles. The van der Waals surface area contributed by atoms with Crippen molar-refractivity contribution < 1.29 is 4.79 Å². The Balaban J connectivity index is 2.70. The molecule has 1 heterocycles. The third-order valence-corrected chi connectivity index (χ3v) is 2.92. The highest BCUT2D eigenvalue weighted by Gasteiger charge is 2.14. The first-order chi connectivity index (χ1) is 7.67. The van der Waals surface area contributed by atoms with Gasteiger partial charge in [0.1, 0.15) is 0 Å². The van der Waals surface area contributed by atoms with Crippen molar-refractivity contribution in [2.45, 2.75) is 20.3 Å². The van der Waals surface area contributed by atoms with Crippen molar-refractivity contribution in [2.75, 3.05) is 6.54 Å². The van der Waals surface area contributed by atoms with E-state index < -0.39 is 0 Å². The Kier molecular flexibility index (Phi) is 2.79. The summed E-state index contributed by atoms with van der Waals surface area (Å²) in [5.41, 5.74) is 9.32. The number of aromatic nitrogens is 1. The molecule has 16 heavy (non-hydrogen) atoms. The molecular weight excluding hydrogens is 200 g/mol. The van der Waals surface area contributed by atoms with E-state index in [9.17, 15) is 4.79 Å². The van der Waals surface area contributed by atoms with Crippen molar-refractivity contribution in [3.05, 3.63) is 35.0 Å². The first-order valence-electron chi connectivity index (χ1n) is 5.51. The van der Waals surface area contributed by atoms with Crippen LogP contribution in [-0.4, -0.2) is 17.3 Å². The van der Waals surface area contributed by atoms with Gasteiger partial charge in [0, 0.05) is 22.2 Å². The number of carbonyl (C=O) groups is 1. The number of carbonyl (C=O) groups excluding carboxylic acids is 1. The number of fused-ring (bicyclic) bond motifs is 1. The number of ketones is 1. The lowest BCUT2D eigenvalue weighted by Crippen LogP contribution is -2.14. The molecule has 0 radical (unpaired) electrons. The topological polar surface area (TPSA) is 58.9 Å². The molecule has 0 aliphatic carbocycles. The number of hydrogen-bond donors (Lipinski definition) is 2. The summed E-state index contributed by atoms with van der Waals surface area (Å²) in [6, 6.07) is 6.17. The molecule has 0 fully saturated rings. The van der Waals surface area contributed by atoms with Crippen LogP contribution in [0.15, 0.2) is 18.2 Å². The average Bonchev–Trinajstić information content (AvgIpc) is 2.63. The average molecular weight is 216 g/mol. The predicted molar refractivity (Wildman–Crippen MR) is 65.8 cm³/mol. The van der Waals surface area contributed by atoms with Gasteiger partial charge >= 0.3 is 0 Å². The number of H-pyrrole nitrogens is 1. The second-order valence-electron chi connectivity index (χ2n) is 3.99. The van der Waals surface area contributed by atoms with E-state index in [-0.39, 0.29) is 12.3 Å². The number of Topliss-reactive ketones (excluding diaryl/α,β-unsaturated/α-hetero) is 1. The van der Waals surface area contributed by atoms with E-state index >= 15 is 0 Å². The van der Waals surface area contributed by atoms with Crippen LogP contribution >= 0.6 is 0 Å². The summed E-state index contributed by atoms with van der Waals surface area (Å²) in [5.74, 6) is -0.00277. The lowest BCUT2D eigenvalue weighted by molar-refractivity contribution is 0.100. The minimum Gasteiger partial charge on any atom is -0.358 e. The molecule has 3 heteroatoms. The van der Waals surface area contributed by atoms with E-state index in [4.69, 9.17) is 5.73 Å².